The monoisotopic (exact) mass is 269 g/mol. The number of nitrogen functional groups attached to an aromatic ring is 1. The molecule has 0 atom stereocenters. The third-order valence-electron chi connectivity index (χ3n) is 4.52. The van der Waals surface area contributed by atoms with Crippen LogP contribution >= 0.6 is 0 Å². The average Bonchev–Trinajstić information content (AvgIpc) is 2.53. The Morgan fingerprint density at radius 3 is 2.75 bits per heavy atom. The standard InChI is InChI=1S/C17H23N3/c1-2-12-9-6-10-14-11-15(13-7-4-3-5-8-13)17(20-18)19-16(12)14/h6,9-11,13H,2-5,7-8,18H2,1H3,(H,19,20). The summed E-state index contributed by atoms with van der Waals surface area (Å²) >= 11 is 0. The summed E-state index contributed by atoms with van der Waals surface area (Å²) in [6, 6.07) is 8.74. The molecule has 1 fully saturated rings. The highest BCUT2D eigenvalue weighted by molar-refractivity contribution is 5.84. The lowest BCUT2D eigenvalue weighted by atomic mass is 9.83. The van der Waals surface area contributed by atoms with E-state index in [-0.39, 0.29) is 0 Å². The first-order valence-electron chi connectivity index (χ1n) is 7.72. The number of nitrogens with zero attached hydrogens (tertiary/aromatic N) is 1. The van der Waals surface area contributed by atoms with Crippen molar-refractivity contribution in [2.24, 2.45) is 5.84 Å². The van der Waals surface area contributed by atoms with Crippen LogP contribution in [0.25, 0.3) is 10.9 Å². The zero-order valence-electron chi connectivity index (χ0n) is 12.2. The van der Waals surface area contributed by atoms with Crippen LogP contribution in [0.4, 0.5) is 5.82 Å². The van der Waals surface area contributed by atoms with Crippen molar-refractivity contribution in [3.63, 3.8) is 0 Å². The predicted molar refractivity (Wildman–Crippen MR) is 84.8 cm³/mol. The molecule has 3 rings (SSSR count). The molecule has 0 spiro atoms. The SMILES string of the molecule is CCc1cccc2cc(C3CCCCC3)c(NN)nc12. The van der Waals surface area contributed by atoms with Gasteiger partial charge in [-0.15, -0.1) is 0 Å². The second-order valence-corrected chi connectivity index (χ2v) is 5.75. The summed E-state index contributed by atoms with van der Waals surface area (Å²) in [5.74, 6) is 7.20. The maximum atomic E-state index is 5.73. The first-order chi connectivity index (χ1) is 9.83. The Labute approximate surface area is 120 Å². The van der Waals surface area contributed by atoms with Crippen molar-refractivity contribution < 1.29 is 0 Å². The fourth-order valence-corrected chi connectivity index (χ4v) is 3.40. The van der Waals surface area contributed by atoms with Gasteiger partial charge >= 0.3 is 0 Å². The molecule has 3 nitrogen and oxygen atoms in total. The van der Waals surface area contributed by atoms with Gasteiger partial charge < -0.3 is 5.43 Å². The molecule has 1 aromatic carbocycles. The number of aryl methyl sites for hydroxylation is 1. The highest BCUT2D eigenvalue weighted by atomic mass is 15.2. The van der Waals surface area contributed by atoms with Gasteiger partial charge in [0, 0.05) is 5.39 Å². The maximum Gasteiger partial charge on any atom is 0.144 e. The Morgan fingerprint density at radius 2 is 2.05 bits per heavy atom. The number of benzene rings is 1. The first-order valence-corrected chi connectivity index (χ1v) is 7.72. The molecule has 2 aromatic rings. The third-order valence-corrected chi connectivity index (χ3v) is 4.52. The molecule has 1 heterocycles. The minimum Gasteiger partial charge on any atom is -0.308 e. The van der Waals surface area contributed by atoms with Crippen molar-refractivity contribution in [3.8, 4) is 0 Å². The van der Waals surface area contributed by atoms with E-state index in [0.29, 0.717) is 5.92 Å². The fourth-order valence-electron chi connectivity index (χ4n) is 3.40. The summed E-state index contributed by atoms with van der Waals surface area (Å²) in [5, 5.41) is 1.24. The van der Waals surface area contributed by atoms with Crippen LogP contribution < -0.4 is 11.3 Å². The molecule has 1 aliphatic rings. The normalized spacial score (nSPS) is 16.5. The van der Waals surface area contributed by atoms with Crippen LogP contribution in [-0.4, -0.2) is 4.98 Å². The van der Waals surface area contributed by atoms with E-state index < -0.39 is 0 Å². The maximum absolute atomic E-state index is 5.73. The highest BCUT2D eigenvalue weighted by Crippen LogP contribution is 2.37. The molecule has 1 aromatic heterocycles. The van der Waals surface area contributed by atoms with Gasteiger partial charge in [0.2, 0.25) is 0 Å². The number of rotatable bonds is 3. The van der Waals surface area contributed by atoms with Crippen LogP contribution in [0.15, 0.2) is 24.3 Å². The van der Waals surface area contributed by atoms with Gasteiger partial charge in [-0.3, -0.25) is 0 Å². The number of anilines is 1. The number of para-hydroxylation sites is 1. The minimum atomic E-state index is 0.608. The summed E-state index contributed by atoms with van der Waals surface area (Å²) in [4.78, 5) is 4.80. The summed E-state index contributed by atoms with van der Waals surface area (Å²) in [6.07, 6.45) is 7.52. The van der Waals surface area contributed by atoms with Crippen LogP contribution in [0.2, 0.25) is 0 Å². The van der Waals surface area contributed by atoms with E-state index in [9.17, 15) is 0 Å². The molecule has 20 heavy (non-hydrogen) atoms. The molecule has 1 saturated carbocycles. The molecule has 0 aliphatic heterocycles. The Morgan fingerprint density at radius 1 is 1.25 bits per heavy atom. The Hall–Kier alpha value is -1.61. The number of aromatic nitrogens is 1. The molecule has 106 valence electrons. The molecular weight excluding hydrogens is 246 g/mol. The Bertz CT molecular complexity index is 600. The van der Waals surface area contributed by atoms with Crippen molar-refractivity contribution in [1.29, 1.82) is 0 Å². The second kappa shape index (κ2) is 5.80. The van der Waals surface area contributed by atoms with Gasteiger partial charge in [0.15, 0.2) is 0 Å². The summed E-state index contributed by atoms with van der Waals surface area (Å²) in [7, 11) is 0. The minimum absolute atomic E-state index is 0.608. The lowest BCUT2D eigenvalue weighted by Gasteiger charge is -2.24. The average molecular weight is 269 g/mol. The number of pyridine rings is 1. The van der Waals surface area contributed by atoms with Gasteiger partial charge in [-0.25, -0.2) is 10.8 Å². The second-order valence-electron chi connectivity index (χ2n) is 5.75. The molecule has 0 bridgehead atoms. The number of hydrogen-bond donors (Lipinski definition) is 2. The van der Waals surface area contributed by atoms with Crippen molar-refractivity contribution in [3.05, 3.63) is 35.4 Å². The topological polar surface area (TPSA) is 50.9 Å². The number of nitrogens with one attached hydrogen (secondary N) is 1. The molecule has 0 unspecified atom stereocenters. The Kier molecular flexibility index (Phi) is 3.88. The van der Waals surface area contributed by atoms with E-state index in [0.717, 1.165) is 17.8 Å². The number of hydrazine groups is 1. The Balaban J connectivity index is 2.11. The third kappa shape index (κ3) is 2.38. The van der Waals surface area contributed by atoms with E-state index >= 15 is 0 Å². The first kappa shape index (κ1) is 13.4. The van der Waals surface area contributed by atoms with Crippen LogP contribution in [0, 0.1) is 0 Å². The fraction of sp³-hybridized carbons (Fsp3) is 0.471. The van der Waals surface area contributed by atoms with Crippen LogP contribution in [0.5, 0.6) is 0 Å². The van der Waals surface area contributed by atoms with Crippen molar-refractivity contribution in [2.45, 2.75) is 51.4 Å². The number of nitrogens with two attached hydrogens (primary N) is 1. The zero-order chi connectivity index (χ0) is 13.9. The lowest BCUT2D eigenvalue weighted by molar-refractivity contribution is 0.444. The van der Waals surface area contributed by atoms with E-state index in [1.165, 1.54) is 48.6 Å². The molecule has 0 radical (unpaired) electrons. The number of hydrogen-bond acceptors (Lipinski definition) is 3. The van der Waals surface area contributed by atoms with Gasteiger partial charge in [-0.05, 0) is 42.4 Å². The molecule has 3 heteroatoms. The van der Waals surface area contributed by atoms with E-state index in [1.54, 1.807) is 0 Å². The lowest BCUT2D eigenvalue weighted by Crippen LogP contribution is -2.15. The predicted octanol–water partition coefficient (Wildman–Crippen LogP) is 4.13. The van der Waals surface area contributed by atoms with E-state index in [1.807, 2.05) is 0 Å². The summed E-state index contributed by atoms with van der Waals surface area (Å²) in [5.41, 5.74) is 6.50. The van der Waals surface area contributed by atoms with Crippen LogP contribution in [-0.2, 0) is 6.42 Å². The zero-order valence-corrected chi connectivity index (χ0v) is 12.2. The molecule has 1 aliphatic carbocycles. The van der Waals surface area contributed by atoms with Gasteiger partial charge in [0.05, 0.1) is 5.52 Å². The molecular formula is C17H23N3. The van der Waals surface area contributed by atoms with Crippen molar-refractivity contribution in [1.82, 2.24) is 4.98 Å². The summed E-state index contributed by atoms with van der Waals surface area (Å²) < 4.78 is 0. The smallest absolute Gasteiger partial charge is 0.144 e. The van der Waals surface area contributed by atoms with Gasteiger partial charge in [-0.1, -0.05) is 44.4 Å². The largest absolute Gasteiger partial charge is 0.308 e. The van der Waals surface area contributed by atoms with Crippen LogP contribution in [0.1, 0.15) is 56.1 Å². The van der Waals surface area contributed by atoms with Gasteiger partial charge in [0.1, 0.15) is 5.82 Å². The van der Waals surface area contributed by atoms with Gasteiger partial charge in [0.25, 0.3) is 0 Å². The quantitative estimate of drug-likeness (QED) is 0.650. The van der Waals surface area contributed by atoms with E-state index in [2.05, 4.69) is 36.6 Å². The molecule has 3 N–H and O–H groups in total. The van der Waals surface area contributed by atoms with Crippen LogP contribution in [0.3, 0.4) is 0 Å². The summed E-state index contributed by atoms with van der Waals surface area (Å²) in [6.45, 7) is 2.17. The highest BCUT2D eigenvalue weighted by Gasteiger charge is 2.20. The number of fused-ring (bicyclic) bond motifs is 1. The molecule has 0 amide bonds. The molecule has 0 saturated heterocycles. The van der Waals surface area contributed by atoms with E-state index in [4.69, 9.17) is 10.8 Å². The van der Waals surface area contributed by atoms with Gasteiger partial charge in [-0.2, -0.15) is 0 Å². The van der Waals surface area contributed by atoms with Crippen molar-refractivity contribution >= 4 is 16.7 Å². The van der Waals surface area contributed by atoms with Crippen molar-refractivity contribution in [2.75, 3.05) is 5.43 Å².